The molecule has 0 saturated heterocycles. The van der Waals surface area contributed by atoms with Crippen molar-refractivity contribution in [1.29, 1.82) is 0 Å². The van der Waals surface area contributed by atoms with Gasteiger partial charge in [-0.1, -0.05) is 6.58 Å². The van der Waals surface area contributed by atoms with E-state index in [0.29, 0.717) is 18.8 Å². The molecule has 0 aromatic heterocycles. The predicted octanol–water partition coefficient (Wildman–Crippen LogP) is 0.725. The summed E-state index contributed by atoms with van der Waals surface area (Å²) in [5, 5.41) is 0. The first-order valence-electron chi connectivity index (χ1n) is 9.08. The Hall–Kier alpha value is -0.990. The van der Waals surface area contributed by atoms with Crippen LogP contribution in [0.1, 0.15) is 6.92 Å². The first-order valence-corrected chi connectivity index (χ1v) is 9.08. The molecule has 0 saturated carbocycles. The summed E-state index contributed by atoms with van der Waals surface area (Å²) in [7, 11) is 14.4. The summed E-state index contributed by atoms with van der Waals surface area (Å²) in [6.45, 7) is 12.7. The van der Waals surface area contributed by atoms with Crippen molar-refractivity contribution in [3.8, 4) is 0 Å². The van der Waals surface area contributed by atoms with Crippen molar-refractivity contribution in [3.63, 3.8) is 0 Å². The van der Waals surface area contributed by atoms with Crippen LogP contribution >= 0.6 is 0 Å². The Bertz CT molecular complexity index is 332. The van der Waals surface area contributed by atoms with Crippen molar-refractivity contribution < 1.29 is 14.3 Å². The first kappa shape index (κ1) is 27.2. The molecular formula is C19H42N4O3. The Kier molecular flexibility index (Phi) is 18.3. The zero-order chi connectivity index (χ0) is 20.5. The van der Waals surface area contributed by atoms with E-state index in [1.54, 1.807) is 14.0 Å². The molecule has 0 aliphatic carbocycles. The number of hydrogen-bond acceptors (Lipinski definition) is 7. The number of rotatable bonds is 13. The second kappa shape index (κ2) is 17.4. The van der Waals surface area contributed by atoms with E-state index in [9.17, 15) is 4.79 Å². The topological polar surface area (TPSA) is 48.5 Å². The van der Waals surface area contributed by atoms with Crippen LogP contribution in [0.25, 0.3) is 0 Å². The van der Waals surface area contributed by atoms with Gasteiger partial charge in [0.15, 0.2) is 0 Å². The third kappa shape index (κ3) is 21.1. The number of esters is 1. The van der Waals surface area contributed by atoms with Crippen molar-refractivity contribution in [2.24, 2.45) is 0 Å². The van der Waals surface area contributed by atoms with E-state index in [-0.39, 0.29) is 5.97 Å². The number of ether oxygens (including phenoxy) is 2. The highest BCUT2D eigenvalue weighted by Crippen LogP contribution is 1.92. The summed E-state index contributed by atoms with van der Waals surface area (Å²) in [5.74, 6) is -0.364. The fourth-order valence-corrected chi connectivity index (χ4v) is 1.70. The number of carbonyl (C=O) groups excluding carboxylic acids is 1. The van der Waals surface area contributed by atoms with Crippen LogP contribution in [-0.2, 0) is 14.3 Å². The number of methoxy groups -OCH3 is 1. The van der Waals surface area contributed by atoms with Crippen LogP contribution in [0.4, 0.5) is 0 Å². The van der Waals surface area contributed by atoms with Crippen LogP contribution in [0.2, 0.25) is 0 Å². The maximum atomic E-state index is 10.6. The molecule has 7 nitrogen and oxygen atoms in total. The number of hydrogen-bond donors (Lipinski definition) is 0. The summed E-state index contributed by atoms with van der Waals surface area (Å²) in [6.07, 6.45) is 0. The minimum Gasteiger partial charge on any atom is -0.460 e. The van der Waals surface area contributed by atoms with Gasteiger partial charge in [-0.25, -0.2) is 4.79 Å². The minimum atomic E-state index is -0.364. The van der Waals surface area contributed by atoms with Crippen LogP contribution in [0, 0.1) is 0 Å². The largest absolute Gasteiger partial charge is 0.460 e. The number of likely N-dealkylation sites (N-methyl/N-ethyl adjacent to an activating group) is 3. The smallest absolute Gasteiger partial charge is 0.333 e. The monoisotopic (exact) mass is 374 g/mol. The van der Waals surface area contributed by atoms with E-state index < -0.39 is 0 Å². The van der Waals surface area contributed by atoms with Crippen molar-refractivity contribution in [2.75, 3.05) is 102 Å². The van der Waals surface area contributed by atoms with Crippen LogP contribution in [0.3, 0.4) is 0 Å². The SMILES string of the molecule is C=C(C)C(=O)OCCOC.CN(C)CCN(CCN(C)C)CCN(C)C. The van der Waals surface area contributed by atoms with E-state index >= 15 is 0 Å². The van der Waals surface area contributed by atoms with E-state index in [4.69, 9.17) is 0 Å². The lowest BCUT2D eigenvalue weighted by Crippen LogP contribution is -2.40. The molecule has 0 aromatic carbocycles. The molecule has 26 heavy (non-hydrogen) atoms. The molecule has 7 heteroatoms. The van der Waals surface area contributed by atoms with Gasteiger partial charge >= 0.3 is 5.97 Å². The minimum absolute atomic E-state index is 0.294. The molecule has 0 aliphatic heterocycles. The van der Waals surface area contributed by atoms with Crippen molar-refractivity contribution in [3.05, 3.63) is 12.2 Å². The van der Waals surface area contributed by atoms with Gasteiger partial charge in [-0.2, -0.15) is 0 Å². The molecule has 0 aliphatic rings. The van der Waals surface area contributed by atoms with Gasteiger partial charge in [0.1, 0.15) is 6.61 Å². The molecular weight excluding hydrogens is 332 g/mol. The normalized spacial score (nSPS) is 11.1. The summed E-state index contributed by atoms with van der Waals surface area (Å²) in [6, 6.07) is 0. The summed E-state index contributed by atoms with van der Waals surface area (Å²) >= 11 is 0. The van der Waals surface area contributed by atoms with Gasteiger partial charge < -0.3 is 24.2 Å². The standard InChI is InChI=1S/C12H30N4.C7H12O3/c1-13(2)7-10-16(11-8-14(3)4)12-9-15(5)6;1-6(2)7(8)10-5-4-9-3/h7-12H2,1-6H3;1,4-5H2,2-3H3. The fraction of sp³-hybridized carbons (Fsp3) is 0.842. The van der Waals surface area contributed by atoms with Gasteiger partial charge in [0.05, 0.1) is 6.61 Å². The molecule has 0 radical (unpaired) electrons. The Balaban J connectivity index is 0. The molecule has 0 atom stereocenters. The molecule has 0 amide bonds. The maximum Gasteiger partial charge on any atom is 0.333 e. The Morgan fingerprint density at radius 1 is 0.769 bits per heavy atom. The Labute approximate surface area is 161 Å². The lowest BCUT2D eigenvalue weighted by molar-refractivity contribution is -0.140. The predicted molar refractivity (Wildman–Crippen MR) is 110 cm³/mol. The summed E-state index contributed by atoms with van der Waals surface area (Å²) in [5.41, 5.74) is 0.413. The molecule has 0 fully saturated rings. The highest BCUT2D eigenvalue weighted by molar-refractivity contribution is 5.86. The van der Waals surface area contributed by atoms with Gasteiger partial charge in [0.2, 0.25) is 0 Å². The van der Waals surface area contributed by atoms with Crippen molar-refractivity contribution >= 4 is 5.97 Å². The van der Waals surface area contributed by atoms with Crippen LogP contribution in [0.15, 0.2) is 12.2 Å². The Morgan fingerprint density at radius 3 is 1.42 bits per heavy atom. The van der Waals surface area contributed by atoms with E-state index in [1.165, 1.54) is 0 Å². The molecule has 0 bridgehead atoms. The summed E-state index contributed by atoms with van der Waals surface area (Å²) in [4.78, 5) is 19.9. The molecule has 0 rings (SSSR count). The van der Waals surface area contributed by atoms with Gasteiger partial charge in [-0.05, 0) is 49.2 Å². The van der Waals surface area contributed by atoms with E-state index in [1.807, 2.05) is 0 Å². The number of carbonyl (C=O) groups is 1. The van der Waals surface area contributed by atoms with Crippen molar-refractivity contribution in [1.82, 2.24) is 19.6 Å². The van der Waals surface area contributed by atoms with Gasteiger partial charge in [-0.3, -0.25) is 4.90 Å². The van der Waals surface area contributed by atoms with E-state index in [2.05, 4.69) is 77.9 Å². The third-order valence-corrected chi connectivity index (χ3v) is 3.46. The second-order valence-electron chi connectivity index (χ2n) is 7.16. The van der Waals surface area contributed by atoms with Crippen LogP contribution < -0.4 is 0 Å². The molecule has 0 spiro atoms. The lowest BCUT2D eigenvalue weighted by atomic mass is 10.4. The molecule has 0 unspecified atom stereocenters. The van der Waals surface area contributed by atoms with Crippen LogP contribution in [-0.4, -0.2) is 127 Å². The van der Waals surface area contributed by atoms with Gasteiger partial charge in [0, 0.05) is 52.0 Å². The lowest BCUT2D eigenvalue weighted by Gasteiger charge is -2.26. The van der Waals surface area contributed by atoms with Crippen molar-refractivity contribution in [2.45, 2.75) is 6.92 Å². The quantitative estimate of drug-likeness (QED) is 0.267. The van der Waals surface area contributed by atoms with Gasteiger partial charge in [-0.15, -0.1) is 0 Å². The highest BCUT2D eigenvalue weighted by atomic mass is 16.6. The second-order valence-corrected chi connectivity index (χ2v) is 7.16. The zero-order valence-electron chi connectivity index (χ0n) is 18.4. The molecule has 0 heterocycles. The zero-order valence-corrected chi connectivity index (χ0v) is 18.4. The maximum absolute atomic E-state index is 10.6. The van der Waals surface area contributed by atoms with Gasteiger partial charge in [0.25, 0.3) is 0 Å². The molecule has 156 valence electrons. The third-order valence-electron chi connectivity index (χ3n) is 3.46. The average molecular weight is 375 g/mol. The first-order chi connectivity index (χ1) is 12.1. The number of nitrogens with zero attached hydrogens (tertiary/aromatic N) is 4. The molecule has 0 aromatic rings. The summed E-state index contributed by atoms with van der Waals surface area (Å²) < 4.78 is 9.35. The average Bonchev–Trinajstić information content (AvgIpc) is 2.54. The highest BCUT2D eigenvalue weighted by Gasteiger charge is 2.06. The Morgan fingerprint density at radius 2 is 1.15 bits per heavy atom. The fourth-order valence-electron chi connectivity index (χ4n) is 1.70. The van der Waals surface area contributed by atoms with E-state index in [0.717, 1.165) is 39.3 Å². The van der Waals surface area contributed by atoms with Crippen LogP contribution in [0.5, 0.6) is 0 Å². The molecule has 0 N–H and O–H groups in total.